The van der Waals surface area contributed by atoms with Gasteiger partial charge in [0, 0.05) is 36.5 Å². The second-order valence-electron chi connectivity index (χ2n) is 6.74. The molecule has 0 amide bonds. The standard InChI is InChI=1S/C21H25N5O2/c1-3-22-19-12-18(23-14-24-19)17-13-26(20-6-4-5-11-28-20)25-21(17)15-7-9-16(27-2)10-8-15/h7-10,12-14,20H,3-6,11H2,1-2H3,(H,22,23,24). The fraction of sp³-hybridized carbons (Fsp3) is 0.381. The maximum atomic E-state index is 5.94. The van der Waals surface area contributed by atoms with E-state index in [0.717, 1.165) is 66.5 Å². The molecule has 3 aromatic rings. The zero-order valence-electron chi connectivity index (χ0n) is 16.3. The summed E-state index contributed by atoms with van der Waals surface area (Å²) < 4.78 is 13.2. The topological polar surface area (TPSA) is 74.1 Å². The molecular formula is C21H25N5O2. The Hall–Kier alpha value is -2.93. The monoisotopic (exact) mass is 379 g/mol. The molecule has 28 heavy (non-hydrogen) atoms. The van der Waals surface area contributed by atoms with E-state index in [0.29, 0.717) is 0 Å². The Balaban J connectivity index is 1.78. The van der Waals surface area contributed by atoms with Crippen LogP contribution in [-0.2, 0) is 4.74 Å². The summed E-state index contributed by atoms with van der Waals surface area (Å²) in [6, 6.07) is 9.88. The first-order chi connectivity index (χ1) is 13.8. The molecule has 7 nitrogen and oxygen atoms in total. The van der Waals surface area contributed by atoms with E-state index in [4.69, 9.17) is 14.6 Å². The molecule has 0 radical (unpaired) electrons. The van der Waals surface area contributed by atoms with Gasteiger partial charge in [-0.05, 0) is 50.5 Å². The molecule has 1 unspecified atom stereocenters. The summed E-state index contributed by atoms with van der Waals surface area (Å²) in [4.78, 5) is 8.79. The fourth-order valence-corrected chi connectivity index (χ4v) is 3.40. The van der Waals surface area contributed by atoms with Crippen molar-refractivity contribution in [3.05, 3.63) is 42.9 Å². The molecule has 1 aliphatic heterocycles. The van der Waals surface area contributed by atoms with E-state index < -0.39 is 0 Å². The van der Waals surface area contributed by atoms with Crippen molar-refractivity contribution in [2.24, 2.45) is 0 Å². The van der Waals surface area contributed by atoms with Gasteiger partial charge in [-0.2, -0.15) is 5.10 Å². The van der Waals surface area contributed by atoms with Crippen molar-refractivity contribution in [3.8, 4) is 28.3 Å². The van der Waals surface area contributed by atoms with Crippen molar-refractivity contribution in [2.45, 2.75) is 32.4 Å². The maximum absolute atomic E-state index is 5.94. The number of nitrogens with one attached hydrogen (secondary N) is 1. The van der Waals surface area contributed by atoms with Crippen LogP contribution in [0.2, 0.25) is 0 Å². The van der Waals surface area contributed by atoms with E-state index in [1.807, 2.05) is 48.1 Å². The molecule has 1 atom stereocenters. The summed E-state index contributed by atoms with van der Waals surface area (Å²) in [6.45, 7) is 3.62. The van der Waals surface area contributed by atoms with Crippen LogP contribution in [0.15, 0.2) is 42.9 Å². The van der Waals surface area contributed by atoms with Crippen LogP contribution in [0.1, 0.15) is 32.4 Å². The fourth-order valence-electron chi connectivity index (χ4n) is 3.40. The van der Waals surface area contributed by atoms with Gasteiger partial charge in [0.2, 0.25) is 0 Å². The molecule has 0 aliphatic carbocycles. The molecule has 3 heterocycles. The van der Waals surface area contributed by atoms with Crippen LogP contribution >= 0.6 is 0 Å². The lowest BCUT2D eigenvalue weighted by Gasteiger charge is -2.22. The predicted molar refractivity (Wildman–Crippen MR) is 108 cm³/mol. The van der Waals surface area contributed by atoms with Crippen molar-refractivity contribution in [1.29, 1.82) is 0 Å². The number of hydrogen-bond acceptors (Lipinski definition) is 6. The second kappa shape index (κ2) is 8.39. The molecule has 146 valence electrons. The Morgan fingerprint density at radius 3 is 2.79 bits per heavy atom. The Morgan fingerprint density at radius 1 is 1.21 bits per heavy atom. The highest BCUT2D eigenvalue weighted by Crippen LogP contribution is 2.34. The average Bonchev–Trinajstić information content (AvgIpc) is 3.20. The SMILES string of the molecule is CCNc1cc(-c2cn(C3CCCCO3)nc2-c2ccc(OC)cc2)ncn1. The van der Waals surface area contributed by atoms with Gasteiger partial charge in [-0.15, -0.1) is 0 Å². The summed E-state index contributed by atoms with van der Waals surface area (Å²) >= 11 is 0. The third kappa shape index (κ3) is 3.84. The highest BCUT2D eigenvalue weighted by atomic mass is 16.5. The van der Waals surface area contributed by atoms with Gasteiger partial charge in [0.25, 0.3) is 0 Å². The van der Waals surface area contributed by atoms with Gasteiger partial charge in [0.05, 0.1) is 12.8 Å². The Morgan fingerprint density at radius 2 is 2.07 bits per heavy atom. The first kappa shape index (κ1) is 18.4. The molecule has 1 saturated heterocycles. The van der Waals surface area contributed by atoms with Gasteiger partial charge in [0.1, 0.15) is 29.8 Å². The molecule has 1 aliphatic rings. The third-order valence-electron chi connectivity index (χ3n) is 4.85. The van der Waals surface area contributed by atoms with Gasteiger partial charge < -0.3 is 14.8 Å². The van der Waals surface area contributed by atoms with Crippen LogP contribution in [0.4, 0.5) is 5.82 Å². The maximum Gasteiger partial charge on any atom is 0.150 e. The minimum Gasteiger partial charge on any atom is -0.497 e. The minimum atomic E-state index is -0.0328. The summed E-state index contributed by atoms with van der Waals surface area (Å²) in [7, 11) is 1.67. The molecule has 0 saturated carbocycles. The highest BCUT2D eigenvalue weighted by Gasteiger charge is 2.21. The number of ether oxygens (including phenoxy) is 2. The van der Waals surface area contributed by atoms with E-state index in [1.165, 1.54) is 0 Å². The van der Waals surface area contributed by atoms with Gasteiger partial charge in [-0.1, -0.05) is 0 Å². The Kier molecular flexibility index (Phi) is 5.53. The zero-order valence-corrected chi connectivity index (χ0v) is 16.3. The number of nitrogens with zero attached hydrogens (tertiary/aromatic N) is 4. The second-order valence-corrected chi connectivity index (χ2v) is 6.74. The molecule has 7 heteroatoms. The number of methoxy groups -OCH3 is 1. The lowest BCUT2D eigenvalue weighted by atomic mass is 10.1. The summed E-state index contributed by atoms with van der Waals surface area (Å²) in [5, 5.41) is 8.12. The van der Waals surface area contributed by atoms with Gasteiger partial charge in [-0.25, -0.2) is 14.6 Å². The Bertz CT molecular complexity index is 917. The number of benzene rings is 1. The predicted octanol–water partition coefficient (Wildman–Crippen LogP) is 4.15. The van der Waals surface area contributed by atoms with Crippen molar-refractivity contribution in [1.82, 2.24) is 19.7 Å². The number of aromatic nitrogens is 4. The quantitative estimate of drug-likeness (QED) is 0.694. The highest BCUT2D eigenvalue weighted by molar-refractivity contribution is 5.79. The van der Waals surface area contributed by atoms with Crippen LogP contribution in [0, 0.1) is 0 Å². The van der Waals surface area contributed by atoms with Gasteiger partial charge >= 0.3 is 0 Å². The van der Waals surface area contributed by atoms with E-state index in [1.54, 1.807) is 13.4 Å². The Labute approximate surface area is 164 Å². The largest absolute Gasteiger partial charge is 0.497 e. The van der Waals surface area contributed by atoms with Crippen LogP contribution in [0.3, 0.4) is 0 Å². The average molecular weight is 379 g/mol. The molecule has 0 bridgehead atoms. The smallest absolute Gasteiger partial charge is 0.150 e. The van der Waals surface area contributed by atoms with Crippen molar-refractivity contribution < 1.29 is 9.47 Å². The molecule has 1 fully saturated rings. The first-order valence-corrected chi connectivity index (χ1v) is 9.70. The van der Waals surface area contributed by atoms with E-state index in [-0.39, 0.29) is 6.23 Å². The van der Waals surface area contributed by atoms with Crippen molar-refractivity contribution in [3.63, 3.8) is 0 Å². The number of anilines is 1. The third-order valence-corrected chi connectivity index (χ3v) is 4.85. The molecule has 2 aromatic heterocycles. The van der Waals surface area contributed by atoms with Crippen LogP contribution in [0.25, 0.3) is 22.5 Å². The lowest BCUT2D eigenvalue weighted by Crippen LogP contribution is -2.18. The lowest BCUT2D eigenvalue weighted by molar-refractivity contribution is -0.0393. The van der Waals surface area contributed by atoms with Crippen molar-refractivity contribution in [2.75, 3.05) is 25.6 Å². The van der Waals surface area contributed by atoms with Crippen molar-refractivity contribution >= 4 is 5.82 Å². The van der Waals surface area contributed by atoms with Crippen LogP contribution in [-0.4, -0.2) is 40.0 Å². The molecule has 1 N–H and O–H groups in total. The number of rotatable bonds is 6. The molecule has 0 spiro atoms. The summed E-state index contributed by atoms with van der Waals surface area (Å²) in [6.07, 6.45) is 6.81. The molecular weight excluding hydrogens is 354 g/mol. The van der Waals surface area contributed by atoms with Crippen LogP contribution < -0.4 is 10.1 Å². The summed E-state index contributed by atoms with van der Waals surface area (Å²) in [5.74, 6) is 1.62. The first-order valence-electron chi connectivity index (χ1n) is 9.70. The van der Waals surface area contributed by atoms with E-state index >= 15 is 0 Å². The van der Waals surface area contributed by atoms with E-state index in [9.17, 15) is 0 Å². The molecule has 4 rings (SSSR count). The van der Waals surface area contributed by atoms with Crippen LogP contribution in [0.5, 0.6) is 5.75 Å². The minimum absolute atomic E-state index is 0.0328. The van der Waals surface area contributed by atoms with Gasteiger partial charge in [0.15, 0.2) is 0 Å². The normalized spacial score (nSPS) is 16.7. The molecule has 1 aromatic carbocycles. The van der Waals surface area contributed by atoms with Gasteiger partial charge in [-0.3, -0.25) is 0 Å². The zero-order chi connectivity index (χ0) is 19.3. The summed E-state index contributed by atoms with van der Waals surface area (Å²) in [5.41, 5.74) is 3.67. The van der Waals surface area contributed by atoms with E-state index in [2.05, 4.69) is 15.3 Å². The number of hydrogen-bond donors (Lipinski definition) is 1.